The van der Waals surface area contributed by atoms with Gasteiger partial charge in [0.25, 0.3) is 0 Å². The average Bonchev–Trinajstić information content (AvgIpc) is 2.91. The van der Waals surface area contributed by atoms with Crippen LogP contribution in [0.4, 0.5) is 5.69 Å². The van der Waals surface area contributed by atoms with Crippen molar-refractivity contribution < 1.29 is 5.11 Å². The zero-order valence-electron chi connectivity index (χ0n) is 11.4. The number of hydrogen-bond acceptors (Lipinski definition) is 3. The zero-order chi connectivity index (χ0) is 13.5. The van der Waals surface area contributed by atoms with E-state index in [2.05, 4.69) is 26.1 Å². The van der Waals surface area contributed by atoms with Crippen LogP contribution < -0.4 is 5.32 Å². The zero-order valence-corrected chi connectivity index (χ0v) is 13.0. The topological polar surface area (TPSA) is 35.5 Å². The molecule has 2 saturated heterocycles. The lowest BCUT2D eigenvalue weighted by molar-refractivity contribution is 0.209. The Labute approximate surface area is 123 Å². The van der Waals surface area contributed by atoms with Crippen molar-refractivity contribution in [3.63, 3.8) is 0 Å². The second-order valence-corrected chi connectivity index (χ2v) is 6.74. The maximum Gasteiger partial charge on any atom is 0.139 e. The first-order valence-electron chi connectivity index (χ1n) is 7.09. The van der Waals surface area contributed by atoms with Gasteiger partial charge in [0.1, 0.15) is 5.75 Å². The third-order valence-corrected chi connectivity index (χ3v) is 5.55. The van der Waals surface area contributed by atoms with Gasteiger partial charge in [-0.25, -0.2) is 0 Å². The minimum Gasteiger partial charge on any atom is -0.506 e. The van der Waals surface area contributed by atoms with Gasteiger partial charge in [0.05, 0.1) is 5.69 Å². The van der Waals surface area contributed by atoms with Gasteiger partial charge >= 0.3 is 0 Å². The number of benzene rings is 1. The number of nitrogens with zero attached hydrogens (tertiary/aromatic N) is 1. The van der Waals surface area contributed by atoms with Gasteiger partial charge in [0.15, 0.2) is 0 Å². The van der Waals surface area contributed by atoms with E-state index < -0.39 is 0 Å². The van der Waals surface area contributed by atoms with Crippen LogP contribution in [0.3, 0.4) is 0 Å². The highest BCUT2D eigenvalue weighted by Gasteiger charge is 2.43. The first-order chi connectivity index (χ1) is 9.11. The van der Waals surface area contributed by atoms with Crippen LogP contribution in [0.1, 0.15) is 31.2 Å². The second-order valence-electron chi connectivity index (χ2n) is 5.89. The highest BCUT2D eigenvalue weighted by molar-refractivity contribution is 9.10. The predicted molar refractivity (Wildman–Crippen MR) is 81.8 cm³/mol. The smallest absolute Gasteiger partial charge is 0.139 e. The van der Waals surface area contributed by atoms with Crippen molar-refractivity contribution in [2.24, 2.45) is 0 Å². The molecule has 0 atom stereocenters. The molecule has 3 nitrogen and oxygen atoms in total. The number of rotatable bonds is 3. The lowest BCUT2D eigenvalue weighted by Crippen LogP contribution is -2.44. The van der Waals surface area contributed by atoms with Gasteiger partial charge in [-0.2, -0.15) is 0 Å². The average molecular weight is 325 g/mol. The molecule has 0 unspecified atom stereocenters. The summed E-state index contributed by atoms with van der Waals surface area (Å²) in [5, 5.41) is 13.5. The van der Waals surface area contributed by atoms with E-state index in [1.165, 1.54) is 38.8 Å². The van der Waals surface area contributed by atoms with Crippen LogP contribution in [0.5, 0.6) is 5.75 Å². The number of halogens is 1. The molecule has 104 valence electrons. The molecule has 2 fully saturated rings. The van der Waals surface area contributed by atoms with E-state index in [1.54, 1.807) is 0 Å². The van der Waals surface area contributed by atoms with E-state index in [-0.39, 0.29) is 0 Å². The number of fused-ring (bicyclic) bond motifs is 1. The fourth-order valence-electron chi connectivity index (χ4n) is 3.58. The minimum absolute atomic E-state index is 0.337. The van der Waals surface area contributed by atoms with Gasteiger partial charge in [-0.05, 0) is 63.4 Å². The maximum atomic E-state index is 10.0. The summed E-state index contributed by atoms with van der Waals surface area (Å²) in [5.74, 6) is 0.347. The van der Waals surface area contributed by atoms with E-state index in [9.17, 15) is 5.11 Å². The molecular weight excluding hydrogens is 304 g/mol. The summed E-state index contributed by atoms with van der Waals surface area (Å²) in [7, 11) is 0. The molecule has 1 aromatic carbocycles. The Balaban J connectivity index is 1.74. The molecule has 0 spiro atoms. The number of phenols is 1. The Morgan fingerprint density at radius 2 is 2.00 bits per heavy atom. The molecule has 0 saturated carbocycles. The molecule has 1 aromatic rings. The molecule has 2 aliphatic rings. The molecule has 19 heavy (non-hydrogen) atoms. The molecule has 0 bridgehead atoms. The fourth-order valence-corrected chi connectivity index (χ4v) is 3.92. The highest BCUT2D eigenvalue weighted by atomic mass is 79.9. The van der Waals surface area contributed by atoms with Crippen molar-refractivity contribution in [2.75, 3.05) is 25.0 Å². The van der Waals surface area contributed by atoms with Gasteiger partial charge in [-0.15, -0.1) is 0 Å². The lowest BCUT2D eigenvalue weighted by Gasteiger charge is -2.32. The molecule has 0 radical (unpaired) electrons. The number of phenolic OH excluding ortho intramolecular Hbond substituents is 1. The van der Waals surface area contributed by atoms with Crippen LogP contribution >= 0.6 is 15.9 Å². The van der Waals surface area contributed by atoms with Crippen molar-refractivity contribution in [3.05, 3.63) is 22.2 Å². The first-order valence-corrected chi connectivity index (χ1v) is 7.88. The Kier molecular flexibility index (Phi) is 3.48. The fraction of sp³-hybridized carbons (Fsp3) is 0.600. The molecule has 0 amide bonds. The third-order valence-electron chi connectivity index (χ3n) is 4.70. The third kappa shape index (κ3) is 2.36. The highest BCUT2D eigenvalue weighted by Crippen LogP contribution is 2.39. The van der Waals surface area contributed by atoms with Crippen LogP contribution in [-0.4, -0.2) is 35.2 Å². The molecule has 0 aromatic heterocycles. The molecule has 0 aliphatic carbocycles. The second kappa shape index (κ2) is 4.98. The van der Waals surface area contributed by atoms with Gasteiger partial charge in [0.2, 0.25) is 0 Å². The Hall–Kier alpha value is -0.740. The molecule has 4 heteroatoms. The lowest BCUT2D eigenvalue weighted by atomic mass is 9.94. The van der Waals surface area contributed by atoms with Gasteiger partial charge in [-0.3, -0.25) is 4.90 Å². The van der Waals surface area contributed by atoms with Crippen LogP contribution in [0.2, 0.25) is 0 Å². The SMILES string of the molecule is Cc1cc(O)c(NCC23CCCN2CCC3)cc1Br. The molecule has 2 heterocycles. The molecule has 3 rings (SSSR count). The van der Waals surface area contributed by atoms with Crippen LogP contribution in [0, 0.1) is 6.92 Å². The summed E-state index contributed by atoms with van der Waals surface area (Å²) in [5.41, 5.74) is 2.24. The maximum absolute atomic E-state index is 10.0. The van der Waals surface area contributed by atoms with Crippen LogP contribution in [-0.2, 0) is 0 Å². The van der Waals surface area contributed by atoms with E-state index in [1.807, 2.05) is 19.1 Å². The van der Waals surface area contributed by atoms with Crippen molar-refractivity contribution in [1.29, 1.82) is 0 Å². The number of aryl methyl sites for hydroxylation is 1. The normalized spacial score (nSPS) is 21.6. The van der Waals surface area contributed by atoms with E-state index in [4.69, 9.17) is 0 Å². The van der Waals surface area contributed by atoms with Crippen LogP contribution in [0.15, 0.2) is 16.6 Å². The number of hydrogen-bond donors (Lipinski definition) is 2. The summed E-state index contributed by atoms with van der Waals surface area (Å²) >= 11 is 3.53. The largest absolute Gasteiger partial charge is 0.506 e. The van der Waals surface area contributed by atoms with Crippen molar-refractivity contribution in [3.8, 4) is 5.75 Å². The van der Waals surface area contributed by atoms with E-state index in [0.717, 1.165) is 22.3 Å². The van der Waals surface area contributed by atoms with Gasteiger partial charge < -0.3 is 10.4 Å². The summed E-state index contributed by atoms with van der Waals surface area (Å²) in [4.78, 5) is 2.63. The van der Waals surface area contributed by atoms with Crippen molar-refractivity contribution in [1.82, 2.24) is 4.90 Å². The Morgan fingerprint density at radius 1 is 1.32 bits per heavy atom. The summed E-state index contributed by atoms with van der Waals surface area (Å²) in [6.45, 7) is 5.41. The first kappa shape index (κ1) is 13.3. The predicted octanol–water partition coefficient (Wildman–Crippen LogP) is 3.50. The number of anilines is 1. The van der Waals surface area contributed by atoms with Crippen molar-refractivity contribution in [2.45, 2.75) is 38.1 Å². The molecule has 2 aliphatic heterocycles. The summed E-state index contributed by atoms with van der Waals surface area (Å²) in [6, 6.07) is 3.79. The van der Waals surface area contributed by atoms with Crippen LogP contribution in [0.25, 0.3) is 0 Å². The molecule has 2 N–H and O–H groups in total. The summed E-state index contributed by atoms with van der Waals surface area (Å²) < 4.78 is 1.04. The number of aromatic hydroxyl groups is 1. The Morgan fingerprint density at radius 3 is 2.68 bits per heavy atom. The molecular formula is C15H21BrN2O. The van der Waals surface area contributed by atoms with E-state index >= 15 is 0 Å². The minimum atomic E-state index is 0.337. The summed E-state index contributed by atoms with van der Waals surface area (Å²) in [6.07, 6.45) is 5.19. The number of nitrogens with one attached hydrogen (secondary N) is 1. The van der Waals surface area contributed by atoms with Gasteiger partial charge in [-0.1, -0.05) is 15.9 Å². The van der Waals surface area contributed by atoms with E-state index in [0.29, 0.717) is 11.3 Å². The monoisotopic (exact) mass is 324 g/mol. The standard InChI is InChI=1S/C15H21BrN2O/c1-11-8-14(19)13(9-12(11)16)17-10-15-4-2-6-18(15)7-3-5-15/h8-9,17,19H,2-7,10H2,1H3. The quantitative estimate of drug-likeness (QED) is 0.835. The van der Waals surface area contributed by atoms with Gasteiger partial charge in [0, 0.05) is 16.6 Å². The van der Waals surface area contributed by atoms with Crippen molar-refractivity contribution >= 4 is 21.6 Å². The Bertz CT molecular complexity index is 479.